The van der Waals surface area contributed by atoms with Crippen molar-refractivity contribution in [3.8, 4) is 17.1 Å². The zero-order valence-electron chi connectivity index (χ0n) is 15.2. The minimum atomic E-state index is -0.738. The largest absolute Gasteiger partial charge is 0.497 e. The van der Waals surface area contributed by atoms with Crippen molar-refractivity contribution >= 4 is 32.6 Å². The van der Waals surface area contributed by atoms with E-state index in [1.165, 1.54) is 23.6 Å². The number of halogens is 2. The van der Waals surface area contributed by atoms with Gasteiger partial charge in [0, 0.05) is 12.8 Å². The third-order valence-electron chi connectivity index (χ3n) is 4.17. The number of methoxy groups -OCH3 is 1. The molecule has 2 heterocycles. The number of carbonyl (C=O) groups excluding carboxylic acids is 1. The molecule has 4 rings (SSSR count). The van der Waals surface area contributed by atoms with Gasteiger partial charge in [0.15, 0.2) is 16.8 Å². The number of ether oxygens (including phenoxy) is 1. The highest BCUT2D eigenvalue weighted by atomic mass is 32.1. The first-order chi connectivity index (χ1) is 14.0. The Morgan fingerprint density at radius 3 is 2.79 bits per heavy atom. The summed E-state index contributed by atoms with van der Waals surface area (Å²) in [7, 11) is 1.58. The lowest BCUT2D eigenvalue weighted by molar-refractivity contribution is -0.116. The molecular formula is C20H15F2N3O3S. The summed E-state index contributed by atoms with van der Waals surface area (Å²) in [5, 5.41) is 3.21. The lowest BCUT2D eigenvalue weighted by Gasteiger charge is -2.01. The number of anilines is 1. The Kier molecular flexibility index (Phi) is 5.22. The Hall–Kier alpha value is -3.33. The third-order valence-corrected chi connectivity index (χ3v) is 5.10. The molecule has 0 fully saturated rings. The first-order valence-corrected chi connectivity index (χ1v) is 9.48. The van der Waals surface area contributed by atoms with E-state index in [-0.39, 0.29) is 36.0 Å². The van der Waals surface area contributed by atoms with Crippen LogP contribution in [0, 0.1) is 11.6 Å². The van der Waals surface area contributed by atoms with Gasteiger partial charge in [-0.25, -0.2) is 18.7 Å². The van der Waals surface area contributed by atoms with Gasteiger partial charge in [-0.2, -0.15) is 0 Å². The number of amides is 1. The number of carbonyl (C=O) groups is 1. The van der Waals surface area contributed by atoms with Crippen LogP contribution < -0.4 is 10.1 Å². The van der Waals surface area contributed by atoms with Crippen LogP contribution in [0.25, 0.3) is 21.5 Å². The Labute approximate surface area is 168 Å². The van der Waals surface area contributed by atoms with Crippen LogP contribution in [0.1, 0.15) is 12.3 Å². The monoisotopic (exact) mass is 415 g/mol. The summed E-state index contributed by atoms with van der Waals surface area (Å²) in [4.78, 5) is 20.6. The fraction of sp³-hybridized carbons (Fsp3) is 0.150. The van der Waals surface area contributed by atoms with Gasteiger partial charge in [0.2, 0.25) is 5.91 Å². The number of hydrogen-bond acceptors (Lipinski definition) is 6. The fourth-order valence-electron chi connectivity index (χ4n) is 2.76. The van der Waals surface area contributed by atoms with Crippen LogP contribution in [0.3, 0.4) is 0 Å². The molecule has 1 N–H and O–H groups in total. The zero-order valence-corrected chi connectivity index (χ0v) is 16.1. The maximum atomic E-state index is 13.8. The van der Waals surface area contributed by atoms with Crippen LogP contribution in [0.4, 0.5) is 13.9 Å². The molecule has 29 heavy (non-hydrogen) atoms. The van der Waals surface area contributed by atoms with Crippen molar-refractivity contribution < 1.29 is 22.7 Å². The number of thiazole rings is 1. The van der Waals surface area contributed by atoms with Crippen LogP contribution >= 0.6 is 11.3 Å². The molecule has 0 saturated heterocycles. The highest BCUT2D eigenvalue weighted by molar-refractivity contribution is 7.22. The van der Waals surface area contributed by atoms with E-state index >= 15 is 0 Å². The second-order valence-corrected chi connectivity index (χ2v) is 7.15. The molecule has 1 amide bonds. The van der Waals surface area contributed by atoms with Crippen molar-refractivity contribution in [1.29, 1.82) is 0 Å². The highest BCUT2D eigenvalue weighted by Crippen LogP contribution is 2.29. The van der Waals surface area contributed by atoms with Gasteiger partial charge in [-0.15, -0.1) is 0 Å². The first kappa shape index (κ1) is 19.0. The second-order valence-electron chi connectivity index (χ2n) is 6.12. The van der Waals surface area contributed by atoms with E-state index < -0.39 is 11.6 Å². The van der Waals surface area contributed by atoms with Gasteiger partial charge in [0.25, 0.3) is 0 Å². The molecule has 0 spiro atoms. The van der Waals surface area contributed by atoms with Gasteiger partial charge in [-0.3, -0.25) is 4.79 Å². The second kappa shape index (κ2) is 7.96. The topological polar surface area (TPSA) is 77.2 Å². The van der Waals surface area contributed by atoms with Crippen molar-refractivity contribution in [2.24, 2.45) is 0 Å². The van der Waals surface area contributed by atoms with E-state index in [9.17, 15) is 13.6 Å². The zero-order chi connectivity index (χ0) is 20.4. The molecule has 0 aliphatic rings. The minimum Gasteiger partial charge on any atom is -0.497 e. The van der Waals surface area contributed by atoms with E-state index in [1.54, 1.807) is 13.2 Å². The number of aromatic nitrogens is 2. The molecule has 148 valence electrons. The van der Waals surface area contributed by atoms with Crippen molar-refractivity contribution in [3.05, 3.63) is 60.1 Å². The van der Waals surface area contributed by atoms with Crippen molar-refractivity contribution in [2.45, 2.75) is 12.8 Å². The number of nitrogens with one attached hydrogen (secondary N) is 1. The Bertz CT molecular complexity index is 1170. The Morgan fingerprint density at radius 1 is 1.24 bits per heavy atom. The molecule has 0 saturated carbocycles. The van der Waals surface area contributed by atoms with Crippen LogP contribution in [0.5, 0.6) is 5.75 Å². The highest BCUT2D eigenvalue weighted by Gasteiger charge is 2.16. The fourth-order valence-corrected chi connectivity index (χ4v) is 3.67. The third kappa shape index (κ3) is 4.09. The van der Waals surface area contributed by atoms with Crippen LogP contribution in [0.15, 0.2) is 47.0 Å². The van der Waals surface area contributed by atoms with Gasteiger partial charge >= 0.3 is 0 Å². The van der Waals surface area contributed by atoms with Crippen molar-refractivity contribution in [1.82, 2.24) is 9.97 Å². The summed E-state index contributed by atoms with van der Waals surface area (Å²) in [5.41, 5.74) is 0.482. The molecule has 9 heteroatoms. The van der Waals surface area contributed by atoms with Crippen molar-refractivity contribution in [2.75, 3.05) is 12.4 Å². The Morgan fingerprint density at radius 2 is 2.03 bits per heavy atom. The normalized spacial score (nSPS) is 11.0. The SMILES string of the molecule is COc1ccc2nc(NC(=O)CCc3ncc(-c4c(F)cccc4F)o3)sc2c1. The van der Waals surface area contributed by atoms with Crippen LogP contribution in [-0.2, 0) is 11.2 Å². The molecular weight excluding hydrogens is 400 g/mol. The minimum absolute atomic E-state index is 0.0175. The summed E-state index contributed by atoms with van der Waals surface area (Å²) in [6.45, 7) is 0. The number of oxazole rings is 1. The number of aryl methyl sites for hydroxylation is 1. The predicted octanol–water partition coefficient (Wildman–Crippen LogP) is 4.81. The first-order valence-electron chi connectivity index (χ1n) is 8.67. The maximum Gasteiger partial charge on any atom is 0.226 e. The summed E-state index contributed by atoms with van der Waals surface area (Å²) >= 11 is 1.34. The molecule has 0 unspecified atom stereocenters. The standard InChI is InChI=1S/C20H15F2N3O3S/c1-27-11-5-6-14-16(9-11)29-20(24-14)25-17(26)7-8-18-23-10-15(28-18)19-12(21)3-2-4-13(19)22/h2-6,9-10H,7-8H2,1H3,(H,24,25,26). The van der Waals surface area contributed by atoms with E-state index in [0.717, 1.165) is 22.3 Å². The van der Waals surface area contributed by atoms with Gasteiger partial charge in [-0.05, 0) is 30.3 Å². The number of hydrogen-bond donors (Lipinski definition) is 1. The lowest BCUT2D eigenvalue weighted by atomic mass is 10.1. The molecule has 0 aliphatic heterocycles. The molecule has 0 aliphatic carbocycles. The predicted molar refractivity (Wildman–Crippen MR) is 105 cm³/mol. The number of nitrogens with zero attached hydrogens (tertiary/aromatic N) is 2. The molecule has 2 aromatic heterocycles. The summed E-state index contributed by atoms with van der Waals surface area (Å²) in [6, 6.07) is 9.01. The average molecular weight is 415 g/mol. The van der Waals surface area contributed by atoms with E-state index in [0.29, 0.717) is 10.9 Å². The Balaban J connectivity index is 1.40. The summed E-state index contributed by atoms with van der Waals surface area (Å²) < 4.78 is 39.1. The molecule has 2 aromatic carbocycles. The summed E-state index contributed by atoms with van der Waals surface area (Å²) in [6.07, 6.45) is 1.51. The quantitative estimate of drug-likeness (QED) is 0.489. The summed E-state index contributed by atoms with van der Waals surface area (Å²) in [5.74, 6) is -0.836. The van der Waals surface area contributed by atoms with Crippen molar-refractivity contribution in [3.63, 3.8) is 0 Å². The van der Waals surface area contributed by atoms with Gasteiger partial charge in [0.05, 0.1) is 29.1 Å². The van der Waals surface area contributed by atoms with E-state index in [4.69, 9.17) is 9.15 Å². The molecule has 4 aromatic rings. The van der Waals surface area contributed by atoms with Crippen LogP contribution in [0.2, 0.25) is 0 Å². The van der Waals surface area contributed by atoms with E-state index in [1.807, 2.05) is 12.1 Å². The van der Waals surface area contributed by atoms with Gasteiger partial charge < -0.3 is 14.5 Å². The van der Waals surface area contributed by atoms with Gasteiger partial charge in [0.1, 0.15) is 17.4 Å². The number of benzene rings is 2. The average Bonchev–Trinajstić information content (AvgIpc) is 3.32. The van der Waals surface area contributed by atoms with Crippen LogP contribution in [-0.4, -0.2) is 23.0 Å². The molecule has 0 radical (unpaired) electrons. The number of rotatable bonds is 6. The smallest absolute Gasteiger partial charge is 0.226 e. The molecule has 0 bridgehead atoms. The molecule has 6 nitrogen and oxygen atoms in total. The van der Waals surface area contributed by atoms with Gasteiger partial charge in [-0.1, -0.05) is 17.4 Å². The van der Waals surface area contributed by atoms with E-state index in [2.05, 4.69) is 15.3 Å². The lowest BCUT2D eigenvalue weighted by Crippen LogP contribution is -2.12. The molecule has 0 atom stereocenters. The maximum absolute atomic E-state index is 13.8. The number of fused-ring (bicyclic) bond motifs is 1.